The van der Waals surface area contributed by atoms with Crippen molar-refractivity contribution in [3.8, 4) is 11.5 Å². The Bertz CT molecular complexity index is 385. The van der Waals surface area contributed by atoms with Gasteiger partial charge in [0.2, 0.25) is 0 Å². The molecule has 3 heteroatoms. The number of rotatable bonds is 2. The number of methoxy groups -OCH3 is 2. The summed E-state index contributed by atoms with van der Waals surface area (Å²) < 4.78 is 10.5. The molecule has 14 heavy (non-hydrogen) atoms. The number of fused-ring (bicyclic) bond motifs is 1. The van der Waals surface area contributed by atoms with Gasteiger partial charge in [-0.1, -0.05) is 12.2 Å². The summed E-state index contributed by atoms with van der Waals surface area (Å²) in [6.07, 6.45) is 4.18. The quantitative estimate of drug-likeness (QED) is 0.684. The zero-order chi connectivity index (χ0) is 10.1. The monoisotopic (exact) mass is 203 g/mol. The number of allylic oxidation sites excluding steroid dienone is 1. The van der Waals surface area contributed by atoms with Crippen LogP contribution < -0.4 is 9.47 Å². The molecule has 0 saturated heterocycles. The molecule has 2 rings (SSSR count). The van der Waals surface area contributed by atoms with Gasteiger partial charge in [-0.25, -0.2) is 0 Å². The second kappa shape index (κ2) is 3.50. The first-order chi connectivity index (χ1) is 6.76. The first-order valence-corrected chi connectivity index (χ1v) is 4.99. The molecule has 1 aliphatic carbocycles. The molecular formula is C11H11O2Si. The van der Waals surface area contributed by atoms with Gasteiger partial charge in [0.25, 0.3) is 0 Å². The molecule has 0 aromatic heterocycles. The van der Waals surface area contributed by atoms with E-state index in [1.165, 1.54) is 11.1 Å². The second-order valence-electron chi connectivity index (χ2n) is 3.17. The molecule has 1 atom stereocenters. The minimum atomic E-state index is 0.282. The molecule has 0 spiro atoms. The van der Waals surface area contributed by atoms with Crippen molar-refractivity contribution in [2.45, 2.75) is 5.54 Å². The average molecular weight is 203 g/mol. The molecule has 3 radical (unpaired) electrons. The first kappa shape index (κ1) is 9.34. The van der Waals surface area contributed by atoms with Crippen molar-refractivity contribution >= 4 is 16.3 Å². The van der Waals surface area contributed by atoms with Crippen LogP contribution in [-0.4, -0.2) is 24.5 Å². The van der Waals surface area contributed by atoms with Crippen molar-refractivity contribution in [3.63, 3.8) is 0 Å². The van der Waals surface area contributed by atoms with Crippen molar-refractivity contribution in [2.75, 3.05) is 14.2 Å². The van der Waals surface area contributed by atoms with E-state index < -0.39 is 0 Å². The first-order valence-electron chi connectivity index (χ1n) is 4.41. The Hall–Kier alpha value is -1.22. The van der Waals surface area contributed by atoms with Crippen LogP contribution in [-0.2, 0) is 0 Å². The van der Waals surface area contributed by atoms with Crippen LogP contribution in [0.3, 0.4) is 0 Å². The average Bonchev–Trinajstić information content (AvgIpc) is 2.58. The Morgan fingerprint density at radius 1 is 1.14 bits per heavy atom. The van der Waals surface area contributed by atoms with E-state index in [2.05, 4.69) is 22.4 Å². The summed E-state index contributed by atoms with van der Waals surface area (Å²) in [5.74, 6) is 1.55. The lowest BCUT2D eigenvalue weighted by molar-refractivity contribution is 0.354. The fraction of sp³-hybridized carbons (Fsp3) is 0.273. The van der Waals surface area contributed by atoms with Crippen LogP contribution in [0.15, 0.2) is 18.2 Å². The van der Waals surface area contributed by atoms with Gasteiger partial charge in [-0.15, -0.1) is 0 Å². The Labute approximate surface area is 87.0 Å². The van der Waals surface area contributed by atoms with Gasteiger partial charge in [-0.2, -0.15) is 0 Å². The lowest BCUT2D eigenvalue weighted by Gasteiger charge is -2.11. The Balaban J connectivity index is 2.53. The van der Waals surface area contributed by atoms with Gasteiger partial charge in [0.05, 0.1) is 14.2 Å². The van der Waals surface area contributed by atoms with E-state index in [0.29, 0.717) is 0 Å². The van der Waals surface area contributed by atoms with Crippen LogP contribution in [0, 0.1) is 0 Å². The van der Waals surface area contributed by atoms with Crippen molar-refractivity contribution in [3.05, 3.63) is 29.3 Å². The van der Waals surface area contributed by atoms with Crippen molar-refractivity contribution < 1.29 is 9.47 Å². The molecule has 0 N–H and O–H groups in total. The van der Waals surface area contributed by atoms with E-state index in [1.54, 1.807) is 14.2 Å². The van der Waals surface area contributed by atoms with Crippen LogP contribution in [0.5, 0.6) is 11.5 Å². The summed E-state index contributed by atoms with van der Waals surface area (Å²) in [4.78, 5) is 0. The number of hydrogen-bond acceptors (Lipinski definition) is 2. The van der Waals surface area contributed by atoms with E-state index in [0.717, 1.165) is 11.5 Å². The van der Waals surface area contributed by atoms with Gasteiger partial charge in [-0.3, -0.25) is 0 Å². The molecule has 2 nitrogen and oxygen atoms in total. The predicted molar refractivity (Wildman–Crippen MR) is 57.1 cm³/mol. The van der Waals surface area contributed by atoms with Crippen LogP contribution in [0.2, 0.25) is 0 Å². The summed E-state index contributed by atoms with van der Waals surface area (Å²) in [7, 11) is 6.91. The van der Waals surface area contributed by atoms with Crippen LogP contribution in [0.4, 0.5) is 0 Å². The third-order valence-corrected chi connectivity index (χ3v) is 2.90. The highest BCUT2D eigenvalue weighted by molar-refractivity contribution is 6.15. The van der Waals surface area contributed by atoms with Gasteiger partial charge < -0.3 is 9.47 Å². The van der Waals surface area contributed by atoms with E-state index in [9.17, 15) is 0 Å². The highest BCUT2D eigenvalue weighted by Crippen LogP contribution is 2.37. The molecule has 0 saturated carbocycles. The largest absolute Gasteiger partial charge is 0.493 e. The topological polar surface area (TPSA) is 18.5 Å². The molecule has 0 aliphatic heterocycles. The maximum atomic E-state index is 5.24. The van der Waals surface area contributed by atoms with E-state index >= 15 is 0 Å². The van der Waals surface area contributed by atoms with Crippen LogP contribution >= 0.6 is 0 Å². The number of hydrogen-bond donors (Lipinski definition) is 0. The molecular weight excluding hydrogens is 192 g/mol. The fourth-order valence-corrected chi connectivity index (χ4v) is 1.97. The van der Waals surface area contributed by atoms with Crippen molar-refractivity contribution in [1.82, 2.24) is 0 Å². The third-order valence-electron chi connectivity index (χ3n) is 2.39. The molecule has 1 unspecified atom stereocenters. The molecule has 1 aromatic carbocycles. The van der Waals surface area contributed by atoms with Gasteiger partial charge in [0.1, 0.15) is 0 Å². The van der Waals surface area contributed by atoms with Crippen molar-refractivity contribution in [2.24, 2.45) is 0 Å². The van der Waals surface area contributed by atoms with Gasteiger partial charge in [0, 0.05) is 10.2 Å². The fourth-order valence-electron chi connectivity index (χ4n) is 1.63. The summed E-state index contributed by atoms with van der Waals surface area (Å²) >= 11 is 0. The second-order valence-corrected chi connectivity index (χ2v) is 3.79. The van der Waals surface area contributed by atoms with E-state index in [-0.39, 0.29) is 5.54 Å². The third kappa shape index (κ3) is 1.34. The SMILES string of the molecule is COc1cc2c(cc1OC)C([Si])C=C2. The number of ether oxygens (including phenoxy) is 2. The number of benzene rings is 1. The highest BCUT2D eigenvalue weighted by Gasteiger charge is 2.16. The minimum absolute atomic E-state index is 0.282. The lowest BCUT2D eigenvalue weighted by atomic mass is 10.1. The van der Waals surface area contributed by atoms with Crippen molar-refractivity contribution in [1.29, 1.82) is 0 Å². The molecule has 0 bridgehead atoms. The molecule has 1 aliphatic rings. The lowest BCUT2D eigenvalue weighted by Crippen LogP contribution is -1.96. The predicted octanol–water partition coefficient (Wildman–Crippen LogP) is 1.94. The molecule has 1 aromatic rings. The molecule has 0 fully saturated rings. The maximum Gasteiger partial charge on any atom is 0.161 e. The maximum absolute atomic E-state index is 5.24. The smallest absolute Gasteiger partial charge is 0.161 e. The zero-order valence-corrected chi connectivity index (χ0v) is 9.20. The van der Waals surface area contributed by atoms with E-state index in [4.69, 9.17) is 9.47 Å². The summed E-state index contributed by atoms with van der Waals surface area (Å²) in [5.41, 5.74) is 2.69. The summed E-state index contributed by atoms with van der Waals surface area (Å²) in [6.45, 7) is 0. The summed E-state index contributed by atoms with van der Waals surface area (Å²) in [5, 5.41) is 0. The molecule has 0 heterocycles. The zero-order valence-electron chi connectivity index (χ0n) is 8.20. The molecule has 0 amide bonds. The van der Waals surface area contributed by atoms with Gasteiger partial charge in [0.15, 0.2) is 11.5 Å². The highest BCUT2D eigenvalue weighted by atomic mass is 28.1. The standard InChI is InChI=1S/C11H11O2Si/c1-12-9-5-7-3-4-11(14)8(7)6-10(9)13-2/h3-6,11H,1-2H3. The van der Waals surface area contributed by atoms with E-state index in [1.807, 2.05) is 12.1 Å². The Morgan fingerprint density at radius 2 is 1.79 bits per heavy atom. The normalized spacial score (nSPS) is 18.1. The Morgan fingerprint density at radius 3 is 2.43 bits per heavy atom. The van der Waals surface area contributed by atoms with Crippen LogP contribution in [0.1, 0.15) is 16.7 Å². The van der Waals surface area contributed by atoms with Gasteiger partial charge in [-0.05, 0) is 28.8 Å². The minimum Gasteiger partial charge on any atom is -0.493 e. The van der Waals surface area contributed by atoms with Gasteiger partial charge >= 0.3 is 0 Å². The Kier molecular flexibility index (Phi) is 2.33. The molecule has 71 valence electrons. The van der Waals surface area contributed by atoms with Crippen LogP contribution in [0.25, 0.3) is 6.08 Å². The summed E-state index contributed by atoms with van der Waals surface area (Å²) in [6, 6.07) is 4.00.